The van der Waals surface area contributed by atoms with Gasteiger partial charge in [-0.1, -0.05) is 30.3 Å². The van der Waals surface area contributed by atoms with Crippen LogP contribution in [0.4, 0.5) is 4.79 Å². The first-order valence-corrected chi connectivity index (χ1v) is 12.1. The summed E-state index contributed by atoms with van der Waals surface area (Å²) in [5.41, 5.74) is 10.7. The number of hydrogen-bond acceptors (Lipinski definition) is 7. The molecule has 1 aliphatic rings. The van der Waals surface area contributed by atoms with Gasteiger partial charge in [0.2, 0.25) is 11.8 Å². The van der Waals surface area contributed by atoms with Gasteiger partial charge in [-0.25, -0.2) is 4.79 Å². The van der Waals surface area contributed by atoms with E-state index in [1.165, 1.54) is 0 Å². The van der Waals surface area contributed by atoms with Crippen LogP contribution in [0.5, 0.6) is 0 Å². The second kappa shape index (κ2) is 13.6. The highest BCUT2D eigenvalue weighted by molar-refractivity contribution is 6.01. The molecule has 0 saturated carbocycles. The zero-order valence-electron chi connectivity index (χ0n) is 21.2. The largest absolute Gasteiger partial charge is 0.444 e. The predicted molar refractivity (Wildman–Crippen MR) is 136 cm³/mol. The number of nitrogens with one attached hydrogen (secondary N) is 2. The smallest absolute Gasteiger partial charge is 0.408 e. The summed E-state index contributed by atoms with van der Waals surface area (Å²) in [6.07, 6.45) is 2.52. The molecule has 1 fully saturated rings. The molecule has 3 amide bonds. The van der Waals surface area contributed by atoms with Gasteiger partial charge in [-0.2, -0.15) is 0 Å². The molecule has 11 heteroatoms. The van der Waals surface area contributed by atoms with Crippen molar-refractivity contribution in [2.75, 3.05) is 13.1 Å². The highest BCUT2D eigenvalue weighted by Crippen LogP contribution is 2.22. The summed E-state index contributed by atoms with van der Waals surface area (Å²) in [7, 11) is 0. The van der Waals surface area contributed by atoms with Crippen molar-refractivity contribution >= 4 is 30.2 Å². The van der Waals surface area contributed by atoms with E-state index in [2.05, 4.69) is 15.6 Å². The fourth-order valence-electron chi connectivity index (χ4n) is 4.09. The number of alkyl carbamates (subject to hydrolysis) is 1. The monoisotopic (exact) mass is 502 g/mol. The zero-order chi connectivity index (χ0) is 26.7. The Morgan fingerprint density at radius 2 is 1.92 bits per heavy atom. The maximum absolute atomic E-state index is 13.1. The van der Waals surface area contributed by atoms with Crippen LogP contribution >= 0.6 is 0 Å². The lowest BCUT2D eigenvalue weighted by Gasteiger charge is -2.29. The van der Waals surface area contributed by atoms with Crippen LogP contribution in [0.15, 0.2) is 35.3 Å². The van der Waals surface area contributed by atoms with Crippen molar-refractivity contribution < 1.29 is 23.9 Å². The molecule has 1 aromatic carbocycles. The molecule has 3 unspecified atom stereocenters. The Morgan fingerprint density at radius 3 is 2.53 bits per heavy atom. The zero-order valence-corrected chi connectivity index (χ0v) is 21.2. The first-order valence-electron chi connectivity index (χ1n) is 12.1. The number of ether oxygens (including phenoxy) is 1. The van der Waals surface area contributed by atoms with E-state index in [1.54, 1.807) is 25.7 Å². The van der Waals surface area contributed by atoms with Gasteiger partial charge < -0.3 is 26.3 Å². The number of nitrogens with zero attached hydrogens (tertiary/aromatic N) is 2. The van der Waals surface area contributed by atoms with E-state index in [0.29, 0.717) is 38.8 Å². The van der Waals surface area contributed by atoms with E-state index < -0.39 is 41.6 Å². The molecule has 198 valence electrons. The Balaban J connectivity index is 2.07. The minimum Gasteiger partial charge on any atom is -0.444 e. The number of rotatable bonds is 11. The molecular weight excluding hydrogens is 464 g/mol. The summed E-state index contributed by atoms with van der Waals surface area (Å²) in [6.45, 7) is 6.10. The van der Waals surface area contributed by atoms with Crippen molar-refractivity contribution in [3.8, 4) is 0 Å². The Labute approximate surface area is 212 Å². The molecule has 0 aromatic heterocycles. The van der Waals surface area contributed by atoms with E-state index in [4.69, 9.17) is 16.2 Å². The van der Waals surface area contributed by atoms with Gasteiger partial charge in [0.25, 0.3) is 0 Å². The number of aliphatic imine (C=N–C) groups is 1. The quantitative estimate of drug-likeness (QED) is 0.149. The molecule has 11 nitrogen and oxygen atoms in total. The van der Waals surface area contributed by atoms with Crippen molar-refractivity contribution in [2.45, 2.75) is 76.6 Å². The Kier molecular flexibility index (Phi) is 10.8. The Hall–Kier alpha value is -3.47. The molecule has 6 N–H and O–H groups in total. The van der Waals surface area contributed by atoms with Gasteiger partial charge in [-0.3, -0.25) is 24.8 Å². The second-order valence-electron chi connectivity index (χ2n) is 9.79. The van der Waals surface area contributed by atoms with Crippen LogP contribution in [-0.2, 0) is 25.5 Å². The van der Waals surface area contributed by atoms with E-state index in [0.717, 1.165) is 11.8 Å². The third-order valence-electron chi connectivity index (χ3n) is 5.67. The molecule has 36 heavy (non-hydrogen) atoms. The van der Waals surface area contributed by atoms with Gasteiger partial charge in [-0.05, 0) is 58.6 Å². The summed E-state index contributed by atoms with van der Waals surface area (Å²) in [5, 5.41) is 5.02. The molecule has 1 saturated heterocycles. The number of carbonyl (C=O) groups is 4. The van der Waals surface area contributed by atoms with Crippen molar-refractivity contribution in [3.63, 3.8) is 0 Å². The average molecular weight is 503 g/mol. The lowest BCUT2D eigenvalue weighted by molar-refractivity contribution is -0.134. The Morgan fingerprint density at radius 1 is 1.22 bits per heavy atom. The van der Waals surface area contributed by atoms with Gasteiger partial charge >= 0.3 is 6.09 Å². The number of imide groups is 1. The normalized spacial score (nSPS) is 17.5. The first-order chi connectivity index (χ1) is 17.0. The maximum atomic E-state index is 13.1. The van der Waals surface area contributed by atoms with Crippen LogP contribution in [0.1, 0.15) is 52.0 Å². The van der Waals surface area contributed by atoms with Crippen molar-refractivity contribution in [1.82, 2.24) is 15.5 Å². The number of carbonyl (C=O) groups excluding carboxylic acids is 4. The van der Waals surface area contributed by atoms with E-state index in [9.17, 15) is 19.2 Å². The predicted octanol–water partition coefficient (Wildman–Crippen LogP) is 0.851. The topological polar surface area (TPSA) is 169 Å². The number of benzene rings is 1. The van der Waals surface area contributed by atoms with Crippen molar-refractivity contribution in [2.24, 2.45) is 16.5 Å². The molecule has 0 bridgehead atoms. The second-order valence-corrected chi connectivity index (χ2v) is 9.79. The van der Waals surface area contributed by atoms with Crippen LogP contribution in [-0.4, -0.2) is 71.9 Å². The average Bonchev–Trinajstić information content (AvgIpc) is 3.28. The van der Waals surface area contributed by atoms with Crippen LogP contribution in [0.2, 0.25) is 0 Å². The number of nitrogens with two attached hydrogens (primary N) is 2. The highest BCUT2D eigenvalue weighted by atomic mass is 16.6. The highest BCUT2D eigenvalue weighted by Gasteiger charge is 2.37. The lowest BCUT2D eigenvalue weighted by Crippen LogP contribution is -2.55. The van der Waals surface area contributed by atoms with Gasteiger partial charge in [0, 0.05) is 13.0 Å². The summed E-state index contributed by atoms with van der Waals surface area (Å²) in [6, 6.07) is 7.00. The standard InChI is InChI=1S/C25H38N6O5/c1-25(2,3)36-24(35)29-19(15-17-9-5-4-6-10-17)21(33)30-22(34)20-12-8-14-31(20)18(16-32)11-7-13-28-23(26)27/h4-6,9-10,16,18-20H,7-8,11-15H2,1-3H3,(H,29,35)(H4,26,27,28)(H,30,33,34). The van der Waals surface area contributed by atoms with E-state index in [-0.39, 0.29) is 12.4 Å². The van der Waals surface area contributed by atoms with Crippen LogP contribution in [0.25, 0.3) is 0 Å². The molecule has 0 aliphatic carbocycles. The first kappa shape index (κ1) is 28.8. The third-order valence-corrected chi connectivity index (χ3v) is 5.67. The molecular formula is C25H38N6O5. The molecule has 0 radical (unpaired) electrons. The third kappa shape index (κ3) is 9.65. The number of guanidine groups is 1. The van der Waals surface area contributed by atoms with Crippen molar-refractivity contribution in [1.29, 1.82) is 0 Å². The van der Waals surface area contributed by atoms with Crippen LogP contribution in [0, 0.1) is 0 Å². The number of aldehydes is 1. The van der Waals surface area contributed by atoms with Crippen molar-refractivity contribution in [3.05, 3.63) is 35.9 Å². The minimum absolute atomic E-state index is 0.0142. The molecule has 3 atom stereocenters. The van der Waals surface area contributed by atoms with Crippen LogP contribution < -0.4 is 22.1 Å². The van der Waals surface area contributed by atoms with Gasteiger partial charge in [-0.15, -0.1) is 0 Å². The summed E-state index contributed by atoms with van der Waals surface area (Å²) < 4.78 is 5.30. The summed E-state index contributed by atoms with van der Waals surface area (Å²) >= 11 is 0. The Bertz CT molecular complexity index is 927. The number of amides is 3. The maximum Gasteiger partial charge on any atom is 0.408 e. The SMILES string of the molecule is CC(C)(C)OC(=O)NC(Cc1ccccc1)C(=O)NC(=O)C1CCCN1C(C=O)CCCN=C(N)N. The molecule has 1 heterocycles. The lowest BCUT2D eigenvalue weighted by atomic mass is 10.0. The molecule has 2 rings (SSSR count). The van der Waals surface area contributed by atoms with Gasteiger partial charge in [0.05, 0.1) is 12.1 Å². The molecule has 1 aromatic rings. The molecule has 1 aliphatic heterocycles. The summed E-state index contributed by atoms with van der Waals surface area (Å²) in [4.78, 5) is 56.1. The van der Waals surface area contributed by atoms with Crippen LogP contribution in [0.3, 0.4) is 0 Å². The van der Waals surface area contributed by atoms with Gasteiger partial charge in [0.1, 0.15) is 17.9 Å². The molecule has 0 spiro atoms. The number of likely N-dealkylation sites (tertiary alicyclic amines) is 1. The fourth-order valence-corrected chi connectivity index (χ4v) is 4.09. The fraction of sp³-hybridized carbons (Fsp3) is 0.560. The number of hydrogen-bond donors (Lipinski definition) is 4. The van der Waals surface area contributed by atoms with Gasteiger partial charge in [0.15, 0.2) is 5.96 Å². The van der Waals surface area contributed by atoms with E-state index in [1.807, 2.05) is 30.3 Å². The minimum atomic E-state index is -1.03. The summed E-state index contributed by atoms with van der Waals surface area (Å²) in [5.74, 6) is -1.16. The van der Waals surface area contributed by atoms with E-state index >= 15 is 0 Å².